The molecule has 1 atom stereocenters. The highest BCUT2D eigenvalue weighted by molar-refractivity contribution is 5.93. The first-order valence-electron chi connectivity index (χ1n) is 6.78. The Balaban J connectivity index is 1.74. The van der Waals surface area contributed by atoms with Crippen molar-refractivity contribution in [2.24, 2.45) is 7.05 Å². The molecule has 0 spiro atoms. The van der Waals surface area contributed by atoms with Gasteiger partial charge >= 0.3 is 0 Å². The molecule has 2 aromatic heterocycles. The first-order valence-corrected chi connectivity index (χ1v) is 6.78. The predicted molar refractivity (Wildman–Crippen MR) is 73.1 cm³/mol. The van der Waals surface area contributed by atoms with Crippen LogP contribution in [0.1, 0.15) is 34.8 Å². The first kappa shape index (κ1) is 12.8. The van der Waals surface area contributed by atoms with E-state index in [-0.39, 0.29) is 11.8 Å². The Morgan fingerprint density at radius 2 is 2.25 bits per heavy atom. The molecule has 20 heavy (non-hydrogen) atoms. The van der Waals surface area contributed by atoms with Crippen molar-refractivity contribution in [2.75, 3.05) is 13.1 Å². The summed E-state index contributed by atoms with van der Waals surface area (Å²) < 4.78 is 1.65. The normalized spacial score (nSPS) is 19.1. The van der Waals surface area contributed by atoms with Gasteiger partial charge in [-0.05, 0) is 12.8 Å². The van der Waals surface area contributed by atoms with Crippen molar-refractivity contribution in [1.29, 1.82) is 0 Å². The van der Waals surface area contributed by atoms with Crippen LogP contribution in [0.5, 0.6) is 0 Å². The molecule has 1 unspecified atom stereocenters. The Hall–Kier alpha value is -2.24. The Bertz CT molecular complexity index is 595. The van der Waals surface area contributed by atoms with Gasteiger partial charge in [-0.25, -0.2) is 0 Å². The lowest BCUT2D eigenvalue weighted by atomic mass is 9.94. The number of aromatic nitrogens is 4. The van der Waals surface area contributed by atoms with E-state index in [1.807, 2.05) is 11.9 Å². The molecule has 104 valence electrons. The number of hydrogen-bond acceptors (Lipinski definition) is 4. The fourth-order valence-corrected chi connectivity index (χ4v) is 2.64. The molecule has 1 fully saturated rings. The average molecular weight is 271 g/mol. The molecule has 3 rings (SSSR count). The van der Waals surface area contributed by atoms with Crippen LogP contribution in [0.15, 0.2) is 31.0 Å². The largest absolute Gasteiger partial charge is 0.338 e. The zero-order chi connectivity index (χ0) is 13.9. The number of rotatable bonds is 2. The zero-order valence-corrected chi connectivity index (χ0v) is 11.4. The molecule has 3 heterocycles. The Kier molecular flexibility index (Phi) is 3.45. The summed E-state index contributed by atoms with van der Waals surface area (Å²) in [5.41, 5.74) is 1.61. The molecular weight excluding hydrogens is 254 g/mol. The van der Waals surface area contributed by atoms with Gasteiger partial charge in [0.1, 0.15) is 0 Å². The van der Waals surface area contributed by atoms with Crippen molar-refractivity contribution < 1.29 is 4.79 Å². The number of carbonyl (C=O) groups excluding carboxylic acids is 1. The van der Waals surface area contributed by atoms with Crippen LogP contribution in [0.3, 0.4) is 0 Å². The molecule has 1 saturated heterocycles. The van der Waals surface area contributed by atoms with Crippen molar-refractivity contribution in [3.05, 3.63) is 42.2 Å². The number of likely N-dealkylation sites (tertiary alicyclic amines) is 1. The summed E-state index contributed by atoms with van der Waals surface area (Å²) >= 11 is 0. The minimum atomic E-state index is 0.0479. The second kappa shape index (κ2) is 5.40. The smallest absolute Gasteiger partial charge is 0.257 e. The van der Waals surface area contributed by atoms with Crippen LogP contribution in [0, 0.1) is 0 Å². The maximum atomic E-state index is 12.4. The molecule has 0 bridgehead atoms. The molecule has 6 heteroatoms. The molecular formula is C14H17N5O. The van der Waals surface area contributed by atoms with Crippen LogP contribution in [-0.2, 0) is 7.05 Å². The van der Waals surface area contributed by atoms with Gasteiger partial charge in [-0.2, -0.15) is 5.10 Å². The first-order chi connectivity index (χ1) is 9.74. The van der Waals surface area contributed by atoms with Gasteiger partial charge in [0.15, 0.2) is 0 Å². The number of piperidine rings is 1. The second-order valence-electron chi connectivity index (χ2n) is 5.12. The summed E-state index contributed by atoms with van der Waals surface area (Å²) in [4.78, 5) is 22.8. The molecule has 0 radical (unpaired) electrons. The van der Waals surface area contributed by atoms with Gasteiger partial charge in [0.05, 0.1) is 17.5 Å². The third-order valence-electron chi connectivity index (χ3n) is 3.66. The molecule has 6 nitrogen and oxygen atoms in total. The Morgan fingerprint density at radius 3 is 2.95 bits per heavy atom. The molecule has 1 amide bonds. The van der Waals surface area contributed by atoms with E-state index in [0.717, 1.165) is 25.1 Å². The van der Waals surface area contributed by atoms with Crippen molar-refractivity contribution >= 4 is 5.91 Å². The second-order valence-corrected chi connectivity index (χ2v) is 5.12. The highest BCUT2D eigenvalue weighted by atomic mass is 16.2. The lowest BCUT2D eigenvalue weighted by Crippen LogP contribution is -2.39. The van der Waals surface area contributed by atoms with E-state index in [1.165, 1.54) is 0 Å². The van der Waals surface area contributed by atoms with Gasteiger partial charge in [0.2, 0.25) is 0 Å². The number of aryl methyl sites for hydroxylation is 1. The van der Waals surface area contributed by atoms with Gasteiger partial charge in [-0.15, -0.1) is 0 Å². The Morgan fingerprint density at radius 1 is 1.35 bits per heavy atom. The minimum Gasteiger partial charge on any atom is -0.338 e. The lowest BCUT2D eigenvalue weighted by Gasteiger charge is -2.32. The molecule has 0 aromatic carbocycles. The standard InChI is InChI=1S/C14H17N5O/c1-18-9-12(7-17-18)14(20)19-6-2-3-11(10-19)13-8-15-4-5-16-13/h4-5,7-9,11H,2-3,6,10H2,1H3. The van der Waals surface area contributed by atoms with Gasteiger partial charge in [-0.3, -0.25) is 19.4 Å². The summed E-state index contributed by atoms with van der Waals surface area (Å²) in [5.74, 6) is 0.324. The van der Waals surface area contributed by atoms with Crippen LogP contribution < -0.4 is 0 Å². The van der Waals surface area contributed by atoms with Crippen LogP contribution >= 0.6 is 0 Å². The van der Waals surface area contributed by atoms with Gasteiger partial charge in [0.25, 0.3) is 5.91 Å². The maximum absolute atomic E-state index is 12.4. The average Bonchev–Trinajstić information content (AvgIpc) is 2.94. The van der Waals surface area contributed by atoms with E-state index in [9.17, 15) is 4.79 Å². The molecule has 1 aliphatic rings. The van der Waals surface area contributed by atoms with E-state index in [4.69, 9.17) is 0 Å². The summed E-state index contributed by atoms with van der Waals surface area (Å²) in [7, 11) is 1.81. The van der Waals surface area contributed by atoms with Crippen molar-refractivity contribution in [1.82, 2.24) is 24.6 Å². The van der Waals surface area contributed by atoms with Crippen molar-refractivity contribution in [2.45, 2.75) is 18.8 Å². The lowest BCUT2D eigenvalue weighted by molar-refractivity contribution is 0.0705. The van der Waals surface area contributed by atoms with Crippen LogP contribution in [-0.4, -0.2) is 43.6 Å². The topological polar surface area (TPSA) is 63.9 Å². The van der Waals surface area contributed by atoms with E-state index in [2.05, 4.69) is 15.1 Å². The van der Waals surface area contributed by atoms with Gasteiger partial charge in [-0.1, -0.05) is 0 Å². The minimum absolute atomic E-state index is 0.0479. The molecule has 0 aliphatic carbocycles. The highest BCUT2D eigenvalue weighted by Gasteiger charge is 2.26. The van der Waals surface area contributed by atoms with Crippen LogP contribution in [0.25, 0.3) is 0 Å². The third-order valence-corrected chi connectivity index (χ3v) is 3.66. The summed E-state index contributed by atoms with van der Waals surface area (Å²) in [6, 6.07) is 0. The van der Waals surface area contributed by atoms with Crippen LogP contribution in [0.2, 0.25) is 0 Å². The molecule has 0 saturated carbocycles. The van der Waals surface area contributed by atoms with E-state index < -0.39 is 0 Å². The summed E-state index contributed by atoms with van der Waals surface area (Å²) in [5, 5.41) is 4.06. The molecule has 0 N–H and O–H groups in total. The van der Waals surface area contributed by atoms with Crippen LogP contribution in [0.4, 0.5) is 0 Å². The number of amides is 1. The number of hydrogen-bond donors (Lipinski definition) is 0. The quantitative estimate of drug-likeness (QED) is 0.824. The third kappa shape index (κ3) is 2.54. The highest BCUT2D eigenvalue weighted by Crippen LogP contribution is 2.25. The van der Waals surface area contributed by atoms with E-state index in [0.29, 0.717) is 12.1 Å². The van der Waals surface area contributed by atoms with Gasteiger partial charge < -0.3 is 4.90 Å². The van der Waals surface area contributed by atoms with Gasteiger partial charge in [0, 0.05) is 50.8 Å². The van der Waals surface area contributed by atoms with Crippen molar-refractivity contribution in [3.8, 4) is 0 Å². The fraction of sp³-hybridized carbons (Fsp3) is 0.429. The monoisotopic (exact) mass is 271 g/mol. The number of carbonyl (C=O) groups is 1. The zero-order valence-electron chi connectivity index (χ0n) is 11.4. The Labute approximate surface area is 117 Å². The maximum Gasteiger partial charge on any atom is 0.257 e. The van der Waals surface area contributed by atoms with E-state index in [1.54, 1.807) is 35.7 Å². The SMILES string of the molecule is Cn1cc(C(=O)N2CCCC(c3cnccn3)C2)cn1. The summed E-state index contributed by atoms with van der Waals surface area (Å²) in [6.45, 7) is 1.50. The van der Waals surface area contributed by atoms with E-state index >= 15 is 0 Å². The molecule has 1 aliphatic heterocycles. The fourth-order valence-electron chi connectivity index (χ4n) is 2.64. The number of nitrogens with zero attached hydrogens (tertiary/aromatic N) is 5. The molecule has 2 aromatic rings. The van der Waals surface area contributed by atoms with Crippen molar-refractivity contribution in [3.63, 3.8) is 0 Å². The summed E-state index contributed by atoms with van der Waals surface area (Å²) in [6.07, 6.45) is 10.6. The predicted octanol–water partition coefficient (Wildman–Crippen LogP) is 1.23.